The quantitative estimate of drug-likeness (QED) is 0.475. The Bertz CT molecular complexity index is 1270. The number of phenolic OH excluding ortho intramolecular Hbond substituents is 1. The Kier molecular flexibility index (Phi) is 7.15. The Hall–Kier alpha value is -3.68. The molecular weight excluding hydrogens is 471 g/mol. The van der Waals surface area contributed by atoms with Crippen LogP contribution < -0.4 is 9.47 Å². The number of phenols is 1. The maximum absolute atomic E-state index is 13.6. The lowest BCUT2D eigenvalue weighted by Crippen LogP contribution is -2.47. The number of amides is 1. The fraction of sp³-hybridized carbons (Fsp3) is 0.321. The monoisotopic (exact) mass is 499 g/mol. The minimum absolute atomic E-state index is 0.0653. The summed E-state index contributed by atoms with van der Waals surface area (Å²) in [5.41, 5.74) is 4.68. The van der Waals surface area contributed by atoms with Crippen LogP contribution in [-0.4, -0.2) is 42.4 Å². The van der Waals surface area contributed by atoms with Crippen molar-refractivity contribution in [1.82, 2.24) is 4.90 Å². The summed E-state index contributed by atoms with van der Waals surface area (Å²) in [6, 6.07) is 14.9. The molecule has 1 N–H and O–H groups in total. The van der Waals surface area contributed by atoms with E-state index in [2.05, 4.69) is 0 Å². The lowest BCUT2D eigenvalue weighted by Gasteiger charge is -2.39. The van der Waals surface area contributed by atoms with Crippen molar-refractivity contribution >= 4 is 5.91 Å². The number of nitrogens with zero attached hydrogens (tertiary/aromatic N) is 1. The molecule has 0 bridgehead atoms. The zero-order valence-electron chi connectivity index (χ0n) is 20.4. The van der Waals surface area contributed by atoms with Gasteiger partial charge >= 0.3 is 12.1 Å². The highest BCUT2D eigenvalue weighted by Crippen LogP contribution is 2.43. The van der Waals surface area contributed by atoms with Crippen molar-refractivity contribution < 1.29 is 32.5 Å². The van der Waals surface area contributed by atoms with E-state index in [1.807, 2.05) is 32.0 Å². The number of aryl methyl sites for hydroxylation is 2. The number of fused-ring (bicyclic) bond motifs is 1. The molecule has 5 nitrogen and oxygen atoms in total. The zero-order chi connectivity index (χ0) is 26.0. The van der Waals surface area contributed by atoms with Gasteiger partial charge in [-0.3, -0.25) is 4.79 Å². The molecule has 1 unspecified atom stereocenters. The van der Waals surface area contributed by atoms with Crippen molar-refractivity contribution in [1.29, 1.82) is 0 Å². The van der Waals surface area contributed by atoms with Gasteiger partial charge in [-0.15, -0.1) is 0 Å². The third-order valence-electron chi connectivity index (χ3n) is 6.44. The SMILES string of the molecule is COc1cc2c(cc1OCCc1cccc(O)c1)C(c1ccc(C)cc1C)N(C(=O)C(F)(F)F)CC2. The second-order valence-electron chi connectivity index (χ2n) is 8.98. The van der Waals surface area contributed by atoms with Gasteiger partial charge in [0.15, 0.2) is 11.5 Å². The fourth-order valence-corrected chi connectivity index (χ4v) is 4.74. The highest BCUT2D eigenvalue weighted by atomic mass is 19.4. The molecule has 1 heterocycles. The maximum atomic E-state index is 13.6. The summed E-state index contributed by atoms with van der Waals surface area (Å²) in [5.74, 6) is -0.850. The average Bonchev–Trinajstić information content (AvgIpc) is 2.82. The van der Waals surface area contributed by atoms with Crippen LogP contribution in [0.5, 0.6) is 17.2 Å². The number of aromatic hydroxyl groups is 1. The summed E-state index contributed by atoms with van der Waals surface area (Å²) < 4.78 is 52.2. The number of ether oxygens (including phenoxy) is 2. The molecule has 0 aliphatic carbocycles. The van der Waals surface area contributed by atoms with Crippen LogP contribution in [0.25, 0.3) is 0 Å². The number of methoxy groups -OCH3 is 1. The summed E-state index contributed by atoms with van der Waals surface area (Å²) in [6.07, 6.45) is -4.21. The molecule has 1 amide bonds. The predicted octanol–water partition coefficient (Wildman–Crippen LogP) is 5.68. The third-order valence-corrected chi connectivity index (χ3v) is 6.44. The van der Waals surface area contributed by atoms with Crippen LogP contribution in [-0.2, 0) is 17.6 Å². The summed E-state index contributed by atoms with van der Waals surface area (Å²) in [4.78, 5) is 13.4. The standard InChI is InChI=1S/C28H28F3NO4/c1-17-7-8-22(18(2)13-17)26-23-16-25(36-12-10-19-5-4-6-21(33)14-19)24(35-3)15-20(23)9-11-32(26)27(34)28(29,30)31/h4-8,13-16,26,33H,9-12H2,1-3H3. The molecule has 8 heteroatoms. The van der Waals surface area contributed by atoms with Gasteiger partial charge in [-0.1, -0.05) is 35.9 Å². The number of hydrogen-bond acceptors (Lipinski definition) is 4. The summed E-state index contributed by atoms with van der Waals surface area (Å²) in [5, 5.41) is 9.67. The van der Waals surface area contributed by atoms with Crippen molar-refractivity contribution in [3.8, 4) is 17.2 Å². The summed E-state index contributed by atoms with van der Waals surface area (Å²) in [6.45, 7) is 3.94. The Morgan fingerprint density at radius 1 is 1.06 bits per heavy atom. The van der Waals surface area contributed by atoms with E-state index in [0.29, 0.717) is 29.0 Å². The molecule has 1 atom stereocenters. The van der Waals surface area contributed by atoms with E-state index in [0.717, 1.165) is 27.2 Å². The normalized spacial score (nSPS) is 15.4. The van der Waals surface area contributed by atoms with Gasteiger partial charge in [0.1, 0.15) is 5.75 Å². The molecule has 0 radical (unpaired) electrons. The average molecular weight is 500 g/mol. The fourth-order valence-electron chi connectivity index (χ4n) is 4.74. The van der Waals surface area contributed by atoms with Crippen LogP contribution in [0, 0.1) is 13.8 Å². The third kappa shape index (κ3) is 5.27. The van der Waals surface area contributed by atoms with E-state index >= 15 is 0 Å². The first-order chi connectivity index (χ1) is 17.1. The number of halogens is 3. The van der Waals surface area contributed by atoms with Gasteiger partial charge in [-0.25, -0.2) is 0 Å². The molecule has 0 saturated heterocycles. The number of carbonyl (C=O) groups excluding carboxylic acids is 1. The number of alkyl halides is 3. The van der Waals surface area contributed by atoms with Gasteiger partial charge in [-0.05, 0) is 72.4 Å². The van der Waals surface area contributed by atoms with Crippen LogP contribution in [0.3, 0.4) is 0 Å². The summed E-state index contributed by atoms with van der Waals surface area (Å²) in [7, 11) is 1.51. The zero-order valence-corrected chi connectivity index (χ0v) is 20.4. The molecule has 36 heavy (non-hydrogen) atoms. The first kappa shape index (κ1) is 25.4. The van der Waals surface area contributed by atoms with E-state index in [9.17, 15) is 23.1 Å². The molecule has 0 spiro atoms. The van der Waals surface area contributed by atoms with Crippen LogP contribution in [0.4, 0.5) is 13.2 Å². The molecule has 3 aromatic carbocycles. The molecule has 1 aliphatic heterocycles. The smallest absolute Gasteiger partial charge is 0.471 e. The largest absolute Gasteiger partial charge is 0.508 e. The Morgan fingerprint density at radius 2 is 1.83 bits per heavy atom. The van der Waals surface area contributed by atoms with Crippen molar-refractivity contribution in [3.63, 3.8) is 0 Å². The highest BCUT2D eigenvalue weighted by Gasteiger charge is 2.47. The van der Waals surface area contributed by atoms with Crippen LogP contribution in [0.1, 0.15) is 39.4 Å². The molecule has 0 aromatic heterocycles. The lowest BCUT2D eigenvalue weighted by molar-refractivity contribution is -0.187. The van der Waals surface area contributed by atoms with Crippen LogP contribution in [0.15, 0.2) is 54.6 Å². The van der Waals surface area contributed by atoms with Gasteiger partial charge in [0.25, 0.3) is 0 Å². The van der Waals surface area contributed by atoms with Gasteiger partial charge in [0, 0.05) is 13.0 Å². The second-order valence-corrected chi connectivity index (χ2v) is 8.98. The molecular formula is C28H28F3NO4. The van der Waals surface area contributed by atoms with Crippen LogP contribution >= 0.6 is 0 Å². The van der Waals surface area contributed by atoms with Gasteiger partial charge in [0.2, 0.25) is 0 Å². The Balaban J connectivity index is 1.74. The number of rotatable bonds is 6. The lowest BCUT2D eigenvalue weighted by atomic mass is 9.85. The number of hydrogen-bond donors (Lipinski definition) is 1. The Morgan fingerprint density at radius 3 is 2.50 bits per heavy atom. The molecule has 1 aliphatic rings. The molecule has 4 rings (SSSR count). The highest BCUT2D eigenvalue weighted by molar-refractivity contribution is 5.83. The van der Waals surface area contributed by atoms with E-state index in [4.69, 9.17) is 9.47 Å². The topological polar surface area (TPSA) is 59.0 Å². The number of carbonyl (C=O) groups is 1. The van der Waals surface area contributed by atoms with E-state index in [1.54, 1.807) is 36.4 Å². The molecule has 3 aromatic rings. The molecule has 0 saturated carbocycles. The Labute approximate surface area is 208 Å². The van der Waals surface area contributed by atoms with E-state index in [1.165, 1.54) is 7.11 Å². The van der Waals surface area contributed by atoms with Crippen LogP contribution in [0.2, 0.25) is 0 Å². The van der Waals surface area contributed by atoms with Crippen molar-refractivity contribution in [3.05, 3.63) is 88.0 Å². The first-order valence-electron chi connectivity index (χ1n) is 11.6. The number of benzene rings is 3. The van der Waals surface area contributed by atoms with Gasteiger partial charge in [0.05, 0.1) is 19.8 Å². The van der Waals surface area contributed by atoms with Gasteiger partial charge in [-0.2, -0.15) is 13.2 Å². The van der Waals surface area contributed by atoms with Crippen molar-refractivity contribution in [2.75, 3.05) is 20.3 Å². The van der Waals surface area contributed by atoms with Crippen molar-refractivity contribution in [2.24, 2.45) is 0 Å². The van der Waals surface area contributed by atoms with Crippen molar-refractivity contribution in [2.45, 2.75) is 38.9 Å². The minimum Gasteiger partial charge on any atom is -0.508 e. The maximum Gasteiger partial charge on any atom is 0.471 e. The van der Waals surface area contributed by atoms with Gasteiger partial charge < -0.3 is 19.5 Å². The van der Waals surface area contributed by atoms with E-state index < -0.39 is 18.1 Å². The predicted molar refractivity (Wildman–Crippen MR) is 130 cm³/mol. The molecule has 0 fully saturated rings. The second kappa shape index (κ2) is 10.1. The summed E-state index contributed by atoms with van der Waals surface area (Å²) >= 11 is 0. The van der Waals surface area contributed by atoms with E-state index in [-0.39, 0.29) is 25.3 Å². The minimum atomic E-state index is -4.98. The molecule has 190 valence electrons. The first-order valence-corrected chi connectivity index (χ1v) is 11.6.